The van der Waals surface area contributed by atoms with E-state index < -0.39 is 128 Å². The number of aliphatic carboxylic acids is 3. The second kappa shape index (κ2) is 15.1. The van der Waals surface area contributed by atoms with Crippen LogP contribution in [0, 0.1) is 40.8 Å². The summed E-state index contributed by atoms with van der Waals surface area (Å²) in [6.45, 7) is 0. The van der Waals surface area contributed by atoms with Crippen molar-refractivity contribution in [2.75, 3.05) is 0 Å². The number of carbonyl (C=O) groups is 3. The molecule has 1 radical (unpaired) electrons. The Balaban J connectivity index is 0.000000563. The molecular formula is C21H33NdO18. The molecule has 0 aromatic rings. The zero-order chi connectivity index (χ0) is 30.7. The quantitative estimate of drug-likeness (QED) is 0.129. The van der Waals surface area contributed by atoms with Gasteiger partial charge in [-0.3, -0.25) is 0 Å². The van der Waals surface area contributed by atoms with Crippen LogP contribution in [-0.4, -0.2) is 151 Å². The SMILES string of the molecule is O=C([O-])C1(O)CC(O)C(O)C(O)C1.O=C([O-])C1(O)CC(O)C(O)C(O)C1.O=C([O-])C1(O)CC(O)C(O)C(O)C1.[Nd+3]. The van der Waals surface area contributed by atoms with Gasteiger partial charge < -0.3 is 91.0 Å². The van der Waals surface area contributed by atoms with Crippen LogP contribution >= 0.6 is 0 Å². The van der Waals surface area contributed by atoms with Crippen molar-refractivity contribution >= 4 is 17.9 Å². The number of aliphatic hydroxyl groups excluding tert-OH is 9. The van der Waals surface area contributed by atoms with Crippen molar-refractivity contribution < 1.29 is 132 Å². The van der Waals surface area contributed by atoms with Gasteiger partial charge in [0.2, 0.25) is 0 Å². The molecule has 0 spiro atoms. The molecule has 40 heavy (non-hydrogen) atoms. The smallest absolute Gasteiger partial charge is 0.547 e. The molecule has 0 heterocycles. The summed E-state index contributed by atoms with van der Waals surface area (Å²) in [6.07, 6.45) is -16.2. The van der Waals surface area contributed by atoms with Crippen molar-refractivity contribution in [3.8, 4) is 0 Å². The van der Waals surface area contributed by atoms with E-state index in [0.717, 1.165) is 0 Å². The first-order valence-electron chi connectivity index (χ1n) is 11.5. The molecule has 19 heteroatoms. The number of hydrogen-bond acceptors (Lipinski definition) is 18. The first kappa shape index (κ1) is 39.3. The Bertz CT molecular complexity index is 725. The first-order valence-corrected chi connectivity index (χ1v) is 11.5. The molecular weight excluding hydrogens is 684 g/mol. The largest absolute Gasteiger partial charge is 3.00 e. The predicted octanol–water partition coefficient (Wildman–Crippen LogP) is -11.0. The molecule has 6 unspecified atom stereocenters. The number of aliphatic hydroxyl groups is 12. The van der Waals surface area contributed by atoms with Crippen molar-refractivity contribution in [2.45, 2.75) is 110 Å². The third kappa shape index (κ3) is 9.66. The molecule has 12 N–H and O–H groups in total. The maximum atomic E-state index is 10.4. The maximum Gasteiger partial charge on any atom is 3.00 e. The Labute approximate surface area is 258 Å². The zero-order valence-corrected chi connectivity index (χ0v) is 24.0. The van der Waals surface area contributed by atoms with Gasteiger partial charge in [-0.05, 0) is 0 Å². The van der Waals surface area contributed by atoms with Crippen LogP contribution in [0.25, 0.3) is 0 Å². The van der Waals surface area contributed by atoms with Crippen molar-refractivity contribution in [3.05, 3.63) is 0 Å². The van der Waals surface area contributed by atoms with E-state index >= 15 is 0 Å². The Morgan fingerprint density at radius 3 is 0.650 bits per heavy atom. The summed E-state index contributed by atoms with van der Waals surface area (Å²) in [7, 11) is 0. The topological polar surface area (TPSA) is 363 Å². The van der Waals surface area contributed by atoms with Gasteiger partial charge in [-0.1, -0.05) is 0 Å². The zero-order valence-electron chi connectivity index (χ0n) is 20.8. The fraction of sp³-hybridized carbons (Fsp3) is 0.857. The minimum absolute atomic E-state index is 0. The van der Waals surface area contributed by atoms with E-state index in [2.05, 4.69) is 0 Å². The van der Waals surface area contributed by atoms with Gasteiger partial charge in [0.25, 0.3) is 0 Å². The molecule has 0 amide bonds. The third-order valence-electron chi connectivity index (χ3n) is 6.79. The average molecular weight is 718 g/mol. The van der Waals surface area contributed by atoms with Crippen LogP contribution in [0.15, 0.2) is 0 Å². The summed E-state index contributed by atoms with van der Waals surface area (Å²) in [4.78, 5) is 31.2. The van der Waals surface area contributed by atoms with Crippen molar-refractivity contribution in [2.24, 2.45) is 0 Å². The summed E-state index contributed by atoms with van der Waals surface area (Å²) in [5, 5.41) is 141. The van der Waals surface area contributed by atoms with Crippen molar-refractivity contribution in [1.82, 2.24) is 0 Å². The third-order valence-corrected chi connectivity index (χ3v) is 6.79. The molecule has 0 aromatic carbocycles. The van der Waals surface area contributed by atoms with Gasteiger partial charge in [-0.2, -0.15) is 0 Å². The van der Waals surface area contributed by atoms with E-state index in [0.29, 0.717) is 0 Å². The van der Waals surface area contributed by atoms with Crippen LogP contribution in [0.4, 0.5) is 0 Å². The Kier molecular flexibility index (Phi) is 14.9. The maximum absolute atomic E-state index is 10.4. The summed E-state index contributed by atoms with van der Waals surface area (Å²) < 4.78 is 0. The molecule has 3 rings (SSSR count). The number of rotatable bonds is 3. The normalized spacial score (nSPS) is 44.9. The van der Waals surface area contributed by atoms with Gasteiger partial charge in [0.1, 0.15) is 35.1 Å². The molecule has 3 aliphatic rings. The minimum Gasteiger partial charge on any atom is -0.547 e. The summed E-state index contributed by atoms with van der Waals surface area (Å²) in [6, 6.07) is 0. The summed E-state index contributed by atoms with van der Waals surface area (Å²) >= 11 is 0. The van der Waals surface area contributed by atoms with Crippen LogP contribution < -0.4 is 15.3 Å². The first-order chi connectivity index (χ1) is 17.6. The van der Waals surface area contributed by atoms with E-state index in [4.69, 9.17) is 46.0 Å². The number of carboxylic acids is 3. The summed E-state index contributed by atoms with van der Waals surface area (Å²) in [5.74, 6) is -5.26. The van der Waals surface area contributed by atoms with Crippen molar-refractivity contribution in [1.29, 1.82) is 0 Å². The van der Waals surface area contributed by atoms with Crippen LogP contribution in [0.2, 0.25) is 0 Å². The minimum atomic E-state index is -2.25. The van der Waals surface area contributed by atoms with Crippen LogP contribution in [0.5, 0.6) is 0 Å². The molecule has 3 saturated carbocycles. The fourth-order valence-corrected chi connectivity index (χ4v) is 4.32. The van der Waals surface area contributed by atoms with Crippen molar-refractivity contribution in [3.63, 3.8) is 0 Å². The molecule has 0 saturated heterocycles. The van der Waals surface area contributed by atoms with Gasteiger partial charge in [0.15, 0.2) is 0 Å². The molecule has 0 bridgehead atoms. The van der Waals surface area contributed by atoms with Gasteiger partial charge in [-0.25, -0.2) is 0 Å². The van der Waals surface area contributed by atoms with Crippen LogP contribution in [0.3, 0.4) is 0 Å². The summed E-state index contributed by atoms with van der Waals surface area (Å²) in [5.41, 5.74) is -6.76. The standard InChI is InChI=1S/3C7H12O6.Nd/c3*8-3-1-7(13,6(11)12)2-4(9)5(3)10;/h3*3-5,8-10,13H,1-2H2,(H,11,12);/q;;;+3/p-3. The van der Waals surface area contributed by atoms with E-state index in [1.807, 2.05) is 0 Å². The molecule has 6 atom stereocenters. The molecule has 0 aliphatic heterocycles. The molecule has 3 aliphatic carbocycles. The number of carbonyl (C=O) groups excluding carboxylic acids is 3. The second-order valence-corrected chi connectivity index (χ2v) is 10.1. The Hall–Kier alpha value is -0.719. The van der Waals surface area contributed by atoms with E-state index in [9.17, 15) is 45.0 Å². The van der Waals surface area contributed by atoms with Crippen LogP contribution in [0.1, 0.15) is 38.5 Å². The average Bonchev–Trinajstić information content (AvgIpc) is 2.80. The second-order valence-electron chi connectivity index (χ2n) is 10.1. The van der Waals surface area contributed by atoms with E-state index in [1.165, 1.54) is 0 Å². The monoisotopic (exact) mass is 715 g/mol. The molecule has 18 nitrogen and oxygen atoms in total. The van der Waals surface area contributed by atoms with E-state index in [-0.39, 0.29) is 40.8 Å². The molecule has 0 aromatic heterocycles. The van der Waals surface area contributed by atoms with Crippen LogP contribution in [-0.2, 0) is 14.4 Å². The fourth-order valence-electron chi connectivity index (χ4n) is 4.32. The molecule has 3 fully saturated rings. The number of hydrogen-bond donors (Lipinski definition) is 12. The van der Waals surface area contributed by atoms with Gasteiger partial charge in [0, 0.05) is 38.5 Å². The van der Waals surface area contributed by atoms with Gasteiger partial charge in [0.05, 0.1) is 54.5 Å². The van der Waals surface area contributed by atoms with Gasteiger partial charge in [-0.15, -0.1) is 0 Å². The number of carboxylic acid groups (broad SMARTS) is 3. The molecule has 229 valence electrons. The Morgan fingerprint density at radius 2 is 0.550 bits per heavy atom. The van der Waals surface area contributed by atoms with E-state index in [1.54, 1.807) is 0 Å². The van der Waals surface area contributed by atoms with Gasteiger partial charge >= 0.3 is 40.8 Å². The Morgan fingerprint density at radius 1 is 0.425 bits per heavy atom. The predicted molar refractivity (Wildman–Crippen MR) is 112 cm³/mol.